The van der Waals surface area contributed by atoms with Gasteiger partial charge >= 0.3 is 0 Å². The molecule has 1 unspecified atom stereocenters. The summed E-state index contributed by atoms with van der Waals surface area (Å²) in [6.07, 6.45) is 2.93. The second kappa shape index (κ2) is 3.61. The van der Waals surface area contributed by atoms with Gasteiger partial charge in [0.1, 0.15) is 0 Å². The van der Waals surface area contributed by atoms with E-state index in [1.807, 2.05) is 24.3 Å². The lowest BCUT2D eigenvalue weighted by molar-refractivity contribution is 0.199. The Hall–Kier alpha value is -1.44. The molecule has 1 N–H and O–H groups in total. The van der Waals surface area contributed by atoms with Crippen molar-refractivity contribution in [2.75, 3.05) is 0 Å². The minimum absolute atomic E-state index is 0.341. The standard InChI is InChI=1S/C12H13NO2/c1-9(15)10-3-2-4-11(7-10)12(5-6-12)13-8-14/h2-4,7,9,15H,5-6H2,1H3. The fraction of sp³-hybridized carbons (Fsp3) is 0.417. The number of isocyanates is 1. The summed E-state index contributed by atoms with van der Waals surface area (Å²) in [7, 11) is 0. The fourth-order valence-electron chi connectivity index (χ4n) is 1.76. The third kappa shape index (κ3) is 1.84. The molecule has 1 fully saturated rings. The van der Waals surface area contributed by atoms with E-state index >= 15 is 0 Å². The Balaban J connectivity index is 2.37. The van der Waals surface area contributed by atoms with Gasteiger partial charge in [0.25, 0.3) is 0 Å². The van der Waals surface area contributed by atoms with Gasteiger partial charge in [-0.15, -0.1) is 0 Å². The van der Waals surface area contributed by atoms with E-state index < -0.39 is 6.10 Å². The van der Waals surface area contributed by atoms with E-state index in [1.54, 1.807) is 13.0 Å². The molecule has 0 bridgehead atoms. The Kier molecular flexibility index (Phi) is 2.43. The summed E-state index contributed by atoms with van der Waals surface area (Å²) < 4.78 is 0. The third-order valence-corrected chi connectivity index (χ3v) is 2.89. The molecule has 1 aliphatic rings. The molecule has 0 heterocycles. The zero-order chi connectivity index (χ0) is 10.9. The predicted octanol–water partition coefficient (Wildman–Crippen LogP) is 2.06. The highest BCUT2D eigenvalue weighted by atomic mass is 16.3. The summed E-state index contributed by atoms with van der Waals surface area (Å²) in [6, 6.07) is 7.62. The van der Waals surface area contributed by atoms with E-state index in [1.165, 1.54) is 0 Å². The molecule has 15 heavy (non-hydrogen) atoms. The number of aliphatic imine (C=N–C) groups is 1. The number of rotatable bonds is 3. The molecule has 0 aliphatic heterocycles. The molecule has 1 saturated carbocycles. The summed E-state index contributed by atoms with van der Waals surface area (Å²) in [4.78, 5) is 14.2. The maximum absolute atomic E-state index is 10.3. The van der Waals surface area contributed by atoms with Crippen molar-refractivity contribution in [3.8, 4) is 0 Å². The Morgan fingerprint density at radius 1 is 1.53 bits per heavy atom. The maximum atomic E-state index is 10.3. The van der Waals surface area contributed by atoms with Crippen LogP contribution >= 0.6 is 0 Å². The first-order valence-electron chi connectivity index (χ1n) is 5.05. The highest BCUT2D eigenvalue weighted by molar-refractivity contribution is 5.42. The Morgan fingerprint density at radius 2 is 2.27 bits per heavy atom. The molecule has 1 atom stereocenters. The van der Waals surface area contributed by atoms with Gasteiger partial charge in [0.15, 0.2) is 0 Å². The lowest BCUT2D eigenvalue weighted by Gasteiger charge is -2.11. The van der Waals surface area contributed by atoms with Crippen LogP contribution in [-0.2, 0) is 10.3 Å². The van der Waals surface area contributed by atoms with E-state index in [9.17, 15) is 9.90 Å². The predicted molar refractivity (Wildman–Crippen MR) is 56.1 cm³/mol. The van der Waals surface area contributed by atoms with Crippen LogP contribution in [0.1, 0.15) is 37.0 Å². The van der Waals surface area contributed by atoms with Crippen molar-refractivity contribution >= 4 is 6.08 Å². The first-order chi connectivity index (χ1) is 7.18. The van der Waals surface area contributed by atoms with Crippen molar-refractivity contribution in [2.24, 2.45) is 4.99 Å². The Bertz CT molecular complexity index is 415. The van der Waals surface area contributed by atoms with Crippen LogP contribution in [0.2, 0.25) is 0 Å². The van der Waals surface area contributed by atoms with Gasteiger partial charge < -0.3 is 5.11 Å². The number of hydrogen-bond acceptors (Lipinski definition) is 3. The number of aliphatic hydroxyl groups excluding tert-OH is 1. The van der Waals surface area contributed by atoms with Crippen molar-refractivity contribution in [1.29, 1.82) is 0 Å². The fourth-order valence-corrected chi connectivity index (χ4v) is 1.76. The quantitative estimate of drug-likeness (QED) is 0.604. The normalized spacial score (nSPS) is 19.1. The van der Waals surface area contributed by atoms with E-state index in [4.69, 9.17) is 0 Å². The molecule has 0 radical (unpaired) electrons. The van der Waals surface area contributed by atoms with Crippen LogP contribution in [0.3, 0.4) is 0 Å². The first kappa shape index (κ1) is 10.1. The topological polar surface area (TPSA) is 49.7 Å². The van der Waals surface area contributed by atoms with Crippen LogP contribution in [-0.4, -0.2) is 11.2 Å². The average Bonchev–Trinajstić information content (AvgIpc) is 3.00. The molecule has 2 rings (SSSR count). The SMILES string of the molecule is CC(O)c1cccc(C2(N=C=O)CC2)c1. The smallest absolute Gasteiger partial charge is 0.235 e. The molecule has 78 valence electrons. The van der Waals surface area contributed by atoms with Crippen molar-refractivity contribution in [1.82, 2.24) is 0 Å². The van der Waals surface area contributed by atoms with Gasteiger partial charge in [-0.1, -0.05) is 24.3 Å². The average molecular weight is 203 g/mol. The summed E-state index contributed by atoms with van der Waals surface area (Å²) in [6.45, 7) is 1.72. The molecule has 1 aromatic carbocycles. The van der Waals surface area contributed by atoms with Crippen LogP contribution in [0.25, 0.3) is 0 Å². The second-order valence-corrected chi connectivity index (χ2v) is 4.04. The Morgan fingerprint density at radius 3 is 2.80 bits per heavy atom. The molecule has 3 nitrogen and oxygen atoms in total. The number of nitrogens with zero attached hydrogens (tertiary/aromatic N) is 1. The second-order valence-electron chi connectivity index (χ2n) is 4.04. The summed E-state index contributed by atoms with van der Waals surface area (Å²) >= 11 is 0. The number of aliphatic hydroxyl groups is 1. The monoisotopic (exact) mass is 203 g/mol. The zero-order valence-electron chi connectivity index (χ0n) is 8.60. The van der Waals surface area contributed by atoms with Gasteiger partial charge in [-0.05, 0) is 30.9 Å². The van der Waals surface area contributed by atoms with Gasteiger partial charge in [-0.2, -0.15) is 4.99 Å². The van der Waals surface area contributed by atoms with Crippen molar-refractivity contribution in [2.45, 2.75) is 31.4 Å². The van der Waals surface area contributed by atoms with Crippen LogP contribution in [0.15, 0.2) is 29.3 Å². The van der Waals surface area contributed by atoms with E-state index in [-0.39, 0.29) is 5.54 Å². The number of carbonyl (C=O) groups excluding carboxylic acids is 1. The van der Waals surface area contributed by atoms with Crippen molar-refractivity contribution < 1.29 is 9.90 Å². The van der Waals surface area contributed by atoms with Gasteiger partial charge in [-0.3, -0.25) is 0 Å². The minimum atomic E-state index is -0.485. The number of benzene rings is 1. The van der Waals surface area contributed by atoms with Crippen LogP contribution in [0, 0.1) is 0 Å². The molecule has 3 heteroatoms. The molecular formula is C12H13NO2. The van der Waals surface area contributed by atoms with Gasteiger partial charge in [0, 0.05) is 0 Å². The van der Waals surface area contributed by atoms with Gasteiger partial charge in [-0.25, -0.2) is 4.79 Å². The largest absolute Gasteiger partial charge is 0.389 e. The molecular weight excluding hydrogens is 190 g/mol. The molecule has 0 amide bonds. The molecule has 1 aromatic rings. The van der Waals surface area contributed by atoms with E-state index in [0.717, 1.165) is 24.0 Å². The van der Waals surface area contributed by atoms with Crippen molar-refractivity contribution in [3.63, 3.8) is 0 Å². The lowest BCUT2D eigenvalue weighted by atomic mass is 10.0. The van der Waals surface area contributed by atoms with E-state index in [2.05, 4.69) is 4.99 Å². The molecule has 1 aliphatic carbocycles. The number of hydrogen-bond donors (Lipinski definition) is 1. The van der Waals surface area contributed by atoms with Crippen LogP contribution in [0.4, 0.5) is 0 Å². The first-order valence-corrected chi connectivity index (χ1v) is 5.05. The van der Waals surface area contributed by atoms with Crippen molar-refractivity contribution in [3.05, 3.63) is 35.4 Å². The molecule has 0 spiro atoms. The maximum Gasteiger partial charge on any atom is 0.235 e. The molecule has 0 saturated heterocycles. The van der Waals surface area contributed by atoms with E-state index in [0.29, 0.717) is 0 Å². The lowest BCUT2D eigenvalue weighted by Crippen LogP contribution is -2.03. The highest BCUT2D eigenvalue weighted by Crippen LogP contribution is 2.49. The summed E-state index contributed by atoms with van der Waals surface area (Å²) in [5.41, 5.74) is 1.52. The van der Waals surface area contributed by atoms with Gasteiger partial charge in [0.05, 0.1) is 11.6 Å². The highest BCUT2D eigenvalue weighted by Gasteiger charge is 2.44. The van der Waals surface area contributed by atoms with Crippen LogP contribution < -0.4 is 0 Å². The van der Waals surface area contributed by atoms with Crippen LogP contribution in [0.5, 0.6) is 0 Å². The van der Waals surface area contributed by atoms with Gasteiger partial charge in [0.2, 0.25) is 6.08 Å². The molecule has 0 aromatic heterocycles. The minimum Gasteiger partial charge on any atom is -0.389 e. The summed E-state index contributed by atoms with van der Waals surface area (Å²) in [5.74, 6) is 0. The summed E-state index contributed by atoms with van der Waals surface area (Å²) in [5, 5.41) is 9.46. The Labute approximate surface area is 88.5 Å². The third-order valence-electron chi connectivity index (χ3n) is 2.89. The zero-order valence-corrected chi connectivity index (χ0v) is 8.60.